The van der Waals surface area contributed by atoms with E-state index < -0.39 is 124 Å². The van der Waals surface area contributed by atoms with Crippen molar-refractivity contribution >= 4 is 54.5 Å². The summed E-state index contributed by atoms with van der Waals surface area (Å²) in [5.41, 5.74) is -0.262. The molecule has 0 aliphatic carbocycles. The Balaban J connectivity index is 1.38. The van der Waals surface area contributed by atoms with E-state index >= 15 is 0 Å². The van der Waals surface area contributed by atoms with Crippen molar-refractivity contribution in [2.24, 2.45) is 0 Å². The Hall–Kier alpha value is -6.52. The van der Waals surface area contributed by atoms with Gasteiger partial charge in [0.1, 0.15) is 11.2 Å². The molecule has 4 heteroatoms. The standard InChI is InChI=1S/C44H27N3O/c1-3-12-28(13-4-1)37-27-38(46-44(45-37)29-14-5-2-6-15-29)34-19-11-21-41-43(34)35-23-22-32(26-42(35)48-41)47-39-20-10-9-18-33(39)36-24-30-16-7-8-17-31(30)25-40(36)47/h1-27H/i7D,8D,9D,10D,11D,16D,17D,18D,19D,20D,21D,22D,23D,24D,25D,26D. The molecule has 0 unspecified atom stereocenters. The van der Waals surface area contributed by atoms with Crippen LogP contribution in [0.2, 0.25) is 0 Å². The lowest BCUT2D eigenvalue weighted by Gasteiger charge is -2.10. The van der Waals surface area contributed by atoms with Gasteiger partial charge in [0.25, 0.3) is 0 Å². The van der Waals surface area contributed by atoms with E-state index in [4.69, 9.17) is 28.1 Å². The molecule has 4 nitrogen and oxygen atoms in total. The van der Waals surface area contributed by atoms with Gasteiger partial charge in [0.05, 0.1) is 44.4 Å². The van der Waals surface area contributed by atoms with Crippen LogP contribution in [0.5, 0.6) is 0 Å². The second kappa shape index (κ2) is 10.5. The molecule has 3 heterocycles. The minimum Gasteiger partial charge on any atom is -0.456 e. The topological polar surface area (TPSA) is 43.9 Å². The SMILES string of the molecule is [2H]c1c([2H])c(-c2cc(-c3ccccc3)nc(-c3ccccc3)n2)c2c(oc3c([2H])c(-n4c5c([2H])c([2H])c([2H])c([2H])c5c5c([2H])c6c([2H])c([2H])c([2H])c([2H])c6c([2H])c54)c([2H])c([2H])c32)c1[2H]. The Labute approximate surface area is 298 Å². The first-order valence-corrected chi connectivity index (χ1v) is 14.9. The molecule has 10 rings (SSSR count). The molecule has 0 aliphatic rings. The van der Waals surface area contributed by atoms with Gasteiger partial charge < -0.3 is 8.98 Å². The van der Waals surface area contributed by atoms with Crippen LogP contribution in [0.1, 0.15) is 21.9 Å². The highest BCUT2D eigenvalue weighted by Crippen LogP contribution is 2.40. The first kappa shape index (κ1) is 15.4. The molecule has 0 fully saturated rings. The highest BCUT2D eigenvalue weighted by atomic mass is 16.3. The van der Waals surface area contributed by atoms with E-state index in [2.05, 4.69) is 0 Å². The molecular formula is C44H27N3O. The summed E-state index contributed by atoms with van der Waals surface area (Å²) < 4.78 is 151. The first-order chi connectivity index (χ1) is 30.5. The fourth-order valence-electron chi connectivity index (χ4n) is 5.99. The molecule has 0 saturated heterocycles. The predicted molar refractivity (Wildman–Crippen MR) is 197 cm³/mol. The Kier molecular flexibility index (Phi) is 3.37. The summed E-state index contributed by atoms with van der Waals surface area (Å²) in [5, 5.41) is -1.73. The highest BCUT2D eigenvalue weighted by molar-refractivity contribution is 6.15. The Bertz CT molecular complexity index is 3680. The summed E-state index contributed by atoms with van der Waals surface area (Å²) in [4.78, 5) is 9.64. The van der Waals surface area contributed by atoms with Gasteiger partial charge in [-0.1, -0.05) is 115 Å². The van der Waals surface area contributed by atoms with Gasteiger partial charge >= 0.3 is 0 Å². The Morgan fingerprint density at radius 1 is 0.542 bits per heavy atom. The van der Waals surface area contributed by atoms with E-state index in [9.17, 15) is 8.22 Å². The van der Waals surface area contributed by atoms with Crippen molar-refractivity contribution in [3.63, 3.8) is 0 Å². The molecule has 0 atom stereocenters. The molecule has 0 spiro atoms. The van der Waals surface area contributed by atoms with Gasteiger partial charge in [0.2, 0.25) is 0 Å². The van der Waals surface area contributed by atoms with Crippen molar-refractivity contribution in [3.8, 4) is 39.6 Å². The summed E-state index contributed by atoms with van der Waals surface area (Å²) >= 11 is 0. The van der Waals surface area contributed by atoms with E-state index in [1.54, 1.807) is 30.3 Å². The normalized spacial score (nSPS) is 16.4. The molecule has 10 aromatic rings. The van der Waals surface area contributed by atoms with Gasteiger partial charge in [-0.2, -0.15) is 0 Å². The molecular weight excluding hydrogens is 587 g/mol. The fraction of sp³-hybridized carbons (Fsp3) is 0. The third-order valence-corrected chi connectivity index (χ3v) is 8.15. The van der Waals surface area contributed by atoms with Crippen LogP contribution < -0.4 is 0 Å². The number of benzene rings is 7. The largest absolute Gasteiger partial charge is 0.456 e. The smallest absolute Gasteiger partial charge is 0.160 e. The Morgan fingerprint density at radius 3 is 2.10 bits per heavy atom. The summed E-state index contributed by atoms with van der Waals surface area (Å²) in [5.74, 6) is 0.253. The number of hydrogen-bond donors (Lipinski definition) is 0. The molecule has 0 saturated carbocycles. The van der Waals surface area contributed by atoms with E-state index in [0.29, 0.717) is 16.8 Å². The number of aromatic nitrogens is 3. The average Bonchev–Trinajstić information content (AvgIpc) is 3.87. The van der Waals surface area contributed by atoms with Gasteiger partial charge in [-0.05, 0) is 53.1 Å². The Morgan fingerprint density at radius 2 is 1.27 bits per heavy atom. The quantitative estimate of drug-likeness (QED) is 0.195. The van der Waals surface area contributed by atoms with E-state index in [0.717, 1.165) is 4.57 Å². The van der Waals surface area contributed by atoms with Gasteiger partial charge in [-0.15, -0.1) is 0 Å². The molecule has 224 valence electrons. The predicted octanol–water partition coefficient (Wildman–Crippen LogP) is 11.6. The zero-order chi connectivity index (χ0) is 45.5. The van der Waals surface area contributed by atoms with Crippen molar-refractivity contribution < 1.29 is 26.3 Å². The number of furan rings is 1. The van der Waals surface area contributed by atoms with Crippen molar-refractivity contribution in [1.29, 1.82) is 0 Å². The summed E-state index contributed by atoms with van der Waals surface area (Å²) in [6.07, 6.45) is 0. The van der Waals surface area contributed by atoms with Crippen molar-refractivity contribution in [2.45, 2.75) is 0 Å². The zero-order valence-corrected chi connectivity index (χ0v) is 24.6. The lowest BCUT2D eigenvalue weighted by Crippen LogP contribution is -1.96. The van der Waals surface area contributed by atoms with Gasteiger partial charge in [0, 0.05) is 50.0 Å². The monoisotopic (exact) mass is 629 g/mol. The lowest BCUT2D eigenvalue weighted by atomic mass is 10.0. The van der Waals surface area contributed by atoms with Gasteiger partial charge in [-0.3, -0.25) is 0 Å². The molecule has 0 amide bonds. The average molecular weight is 630 g/mol. The van der Waals surface area contributed by atoms with E-state index in [-0.39, 0.29) is 49.6 Å². The van der Waals surface area contributed by atoms with E-state index in [1.165, 1.54) is 0 Å². The van der Waals surface area contributed by atoms with Crippen LogP contribution in [-0.4, -0.2) is 14.5 Å². The van der Waals surface area contributed by atoms with Crippen molar-refractivity contribution in [3.05, 3.63) is 163 Å². The van der Waals surface area contributed by atoms with Crippen LogP contribution >= 0.6 is 0 Å². The minimum atomic E-state index is -0.744. The molecule has 3 aromatic heterocycles. The number of hydrogen-bond acceptors (Lipinski definition) is 3. The number of fused-ring (bicyclic) bond motifs is 7. The number of rotatable bonds is 4. The van der Waals surface area contributed by atoms with E-state index in [1.807, 2.05) is 36.4 Å². The van der Waals surface area contributed by atoms with Crippen molar-refractivity contribution in [2.75, 3.05) is 0 Å². The van der Waals surface area contributed by atoms with Crippen LogP contribution in [-0.2, 0) is 0 Å². The molecule has 0 aliphatic heterocycles. The van der Waals surface area contributed by atoms with Crippen LogP contribution in [0.25, 0.3) is 94.1 Å². The number of nitrogens with zero attached hydrogens (tertiary/aromatic N) is 3. The van der Waals surface area contributed by atoms with Crippen LogP contribution in [0.3, 0.4) is 0 Å². The third kappa shape index (κ3) is 4.16. The molecule has 7 aromatic carbocycles. The first-order valence-electron chi connectivity index (χ1n) is 22.9. The number of para-hydroxylation sites is 1. The maximum atomic E-state index is 9.71. The van der Waals surface area contributed by atoms with Gasteiger partial charge in [0.15, 0.2) is 5.82 Å². The van der Waals surface area contributed by atoms with Crippen LogP contribution in [0.4, 0.5) is 0 Å². The lowest BCUT2D eigenvalue weighted by molar-refractivity contribution is 0.668. The van der Waals surface area contributed by atoms with Crippen molar-refractivity contribution in [1.82, 2.24) is 14.5 Å². The second-order valence-corrected chi connectivity index (χ2v) is 11.0. The fourth-order valence-corrected chi connectivity index (χ4v) is 5.99. The molecule has 0 N–H and O–H groups in total. The highest BCUT2D eigenvalue weighted by Gasteiger charge is 2.19. The third-order valence-electron chi connectivity index (χ3n) is 8.15. The maximum Gasteiger partial charge on any atom is 0.160 e. The van der Waals surface area contributed by atoms with Crippen LogP contribution in [0.15, 0.2) is 168 Å². The minimum absolute atomic E-state index is 0.0505. The second-order valence-electron chi connectivity index (χ2n) is 11.0. The maximum absolute atomic E-state index is 9.71. The van der Waals surface area contributed by atoms with Crippen LogP contribution in [0, 0.1) is 0 Å². The molecule has 48 heavy (non-hydrogen) atoms. The van der Waals surface area contributed by atoms with Gasteiger partial charge in [-0.25, -0.2) is 9.97 Å². The summed E-state index contributed by atoms with van der Waals surface area (Å²) in [6.45, 7) is 0. The molecule has 0 radical (unpaired) electrons. The summed E-state index contributed by atoms with van der Waals surface area (Å²) in [7, 11) is 0. The summed E-state index contributed by atoms with van der Waals surface area (Å²) in [6, 6.07) is 9.32. The molecule has 0 bridgehead atoms. The zero-order valence-electron chi connectivity index (χ0n) is 40.6.